The number of anilines is 1. The Morgan fingerprint density at radius 3 is 2.53 bits per heavy atom. The molecule has 5 heteroatoms. The lowest BCUT2D eigenvalue weighted by atomic mass is 10.2. The molecule has 0 spiro atoms. The van der Waals surface area contributed by atoms with Crippen LogP contribution in [0, 0.1) is 6.92 Å². The van der Waals surface area contributed by atoms with Crippen LogP contribution in [-0.2, 0) is 0 Å². The van der Waals surface area contributed by atoms with Gasteiger partial charge in [0.1, 0.15) is 0 Å². The van der Waals surface area contributed by atoms with Crippen molar-refractivity contribution in [3.63, 3.8) is 0 Å². The highest BCUT2D eigenvalue weighted by Gasteiger charge is 2.10. The minimum absolute atomic E-state index is 0.248. The zero-order chi connectivity index (χ0) is 14.0. The zero-order valence-electron chi connectivity index (χ0n) is 10.0. The van der Waals surface area contributed by atoms with Crippen molar-refractivity contribution in [3.05, 3.63) is 62.0 Å². The van der Waals surface area contributed by atoms with Crippen molar-refractivity contribution >= 4 is 50.7 Å². The summed E-state index contributed by atoms with van der Waals surface area (Å²) in [4.78, 5) is 12.1. The van der Waals surface area contributed by atoms with E-state index in [1.165, 1.54) is 0 Å². The summed E-state index contributed by atoms with van der Waals surface area (Å²) < 4.78 is 0.749. The molecular formula is C14H10BrCl2NO. The summed E-state index contributed by atoms with van der Waals surface area (Å²) in [5.74, 6) is -0.248. The third kappa shape index (κ3) is 3.50. The second kappa shape index (κ2) is 5.95. The first-order valence-corrected chi connectivity index (χ1v) is 7.05. The molecule has 0 aliphatic heterocycles. The van der Waals surface area contributed by atoms with E-state index in [9.17, 15) is 4.79 Å². The summed E-state index contributed by atoms with van der Waals surface area (Å²) in [7, 11) is 0. The molecule has 2 rings (SSSR count). The number of hydrogen-bond acceptors (Lipinski definition) is 1. The van der Waals surface area contributed by atoms with E-state index in [4.69, 9.17) is 23.2 Å². The minimum atomic E-state index is -0.248. The topological polar surface area (TPSA) is 29.1 Å². The molecule has 0 bridgehead atoms. The molecule has 0 heterocycles. The van der Waals surface area contributed by atoms with E-state index < -0.39 is 0 Å². The number of halogens is 3. The Hall–Kier alpha value is -1.03. The Bertz CT molecular complexity index is 643. The van der Waals surface area contributed by atoms with Crippen LogP contribution in [-0.4, -0.2) is 5.91 Å². The van der Waals surface area contributed by atoms with Gasteiger partial charge in [-0.2, -0.15) is 0 Å². The first-order valence-electron chi connectivity index (χ1n) is 5.50. The van der Waals surface area contributed by atoms with Crippen LogP contribution in [0.1, 0.15) is 15.9 Å². The monoisotopic (exact) mass is 357 g/mol. The molecule has 1 N–H and O–H groups in total. The summed E-state index contributed by atoms with van der Waals surface area (Å²) in [5.41, 5.74) is 2.09. The fourth-order valence-electron chi connectivity index (χ4n) is 1.57. The number of amides is 1. The summed E-state index contributed by atoms with van der Waals surface area (Å²) in [6, 6.07) is 10.5. The maximum atomic E-state index is 12.1. The van der Waals surface area contributed by atoms with Crippen LogP contribution in [0.15, 0.2) is 40.9 Å². The highest BCUT2D eigenvalue weighted by molar-refractivity contribution is 9.10. The average molecular weight is 359 g/mol. The lowest BCUT2D eigenvalue weighted by Gasteiger charge is -2.08. The molecule has 0 fully saturated rings. The van der Waals surface area contributed by atoms with Crippen LogP contribution >= 0.6 is 39.1 Å². The summed E-state index contributed by atoms with van der Waals surface area (Å²) in [6.07, 6.45) is 0. The van der Waals surface area contributed by atoms with Gasteiger partial charge in [-0.05, 0) is 58.7 Å². The van der Waals surface area contributed by atoms with E-state index in [1.807, 2.05) is 19.1 Å². The first kappa shape index (κ1) is 14.4. The molecular weight excluding hydrogens is 349 g/mol. The van der Waals surface area contributed by atoms with Gasteiger partial charge in [0.15, 0.2) is 0 Å². The molecule has 0 saturated heterocycles. The van der Waals surface area contributed by atoms with Gasteiger partial charge in [-0.15, -0.1) is 0 Å². The van der Waals surface area contributed by atoms with E-state index in [2.05, 4.69) is 21.2 Å². The third-order valence-electron chi connectivity index (χ3n) is 2.55. The lowest BCUT2D eigenvalue weighted by Crippen LogP contribution is -2.12. The summed E-state index contributed by atoms with van der Waals surface area (Å²) in [5, 5.41) is 3.76. The Kier molecular flexibility index (Phi) is 4.50. The molecule has 2 aromatic carbocycles. The van der Waals surface area contributed by atoms with Crippen molar-refractivity contribution in [2.45, 2.75) is 6.92 Å². The highest BCUT2D eigenvalue weighted by Crippen LogP contribution is 2.26. The molecule has 19 heavy (non-hydrogen) atoms. The predicted molar refractivity (Wildman–Crippen MR) is 83.3 cm³/mol. The van der Waals surface area contributed by atoms with Gasteiger partial charge in [0, 0.05) is 10.0 Å². The second-order valence-electron chi connectivity index (χ2n) is 4.07. The maximum absolute atomic E-state index is 12.1. The van der Waals surface area contributed by atoms with Gasteiger partial charge in [0.2, 0.25) is 0 Å². The quantitative estimate of drug-likeness (QED) is 0.773. The minimum Gasteiger partial charge on any atom is -0.321 e. The van der Waals surface area contributed by atoms with Gasteiger partial charge in [-0.3, -0.25) is 4.79 Å². The van der Waals surface area contributed by atoms with Crippen LogP contribution in [0.2, 0.25) is 10.0 Å². The van der Waals surface area contributed by atoms with Gasteiger partial charge in [-0.1, -0.05) is 29.3 Å². The third-order valence-corrected chi connectivity index (χ3v) is 4.11. The lowest BCUT2D eigenvalue weighted by molar-refractivity contribution is 0.102. The van der Waals surface area contributed by atoms with Crippen LogP contribution in [0.3, 0.4) is 0 Å². The maximum Gasteiger partial charge on any atom is 0.255 e. The molecule has 0 radical (unpaired) electrons. The van der Waals surface area contributed by atoms with Crippen LogP contribution in [0.25, 0.3) is 0 Å². The number of hydrogen-bond donors (Lipinski definition) is 1. The zero-order valence-corrected chi connectivity index (χ0v) is 13.1. The number of rotatable bonds is 2. The fraction of sp³-hybridized carbons (Fsp3) is 0.0714. The van der Waals surface area contributed by atoms with E-state index in [0.717, 1.165) is 10.0 Å². The average Bonchev–Trinajstić information content (AvgIpc) is 2.37. The predicted octanol–water partition coefficient (Wildman–Crippen LogP) is 5.32. The Morgan fingerprint density at radius 1 is 1.11 bits per heavy atom. The number of nitrogens with one attached hydrogen (secondary N) is 1. The molecule has 0 saturated carbocycles. The first-order chi connectivity index (χ1) is 8.97. The number of benzene rings is 2. The van der Waals surface area contributed by atoms with Crippen molar-refractivity contribution < 1.29 is 4.79 Å². The van der Waals surface area contributed by atoms with Gasteiger partial charge in [-0.25, -0.2) is 0 Å². The normalized spacial score (nSPS) is 10.3. The molecule has 0 aliphatic rings. The Balaban J connectivity index is 2.25. The van der Waals surface area contributed by atoms with E-state index in [1.54, 1.807) is 24.3 Å². The van der Waals surface area contributed by atoms with Crippen LogP contribution < -0.4 is 5.32 Å². The Morgan fingerprint density at radius 2 is 1.84 bits per heavy atom. The van der Waals surface area contributed by atoms with Crippen molar-refractivity contribution in [1.29, 1.82) is 0 Å². The van der Waals surface area contributed by atoms with Gasteiger partial charge in [0.05, 0.1) is 15.7 Å². The van der Waals surface area contributed by atoms with E-state index >= 15 is 0 Å². The SMILES string of the molecule is Cc1ccc(Cl)c(NC(=O)c2ccc(Br)c(Cl)c2)c1. The summed E-state index contributed by atoms with van der Waals surface area (Å²) in [6.45, 7) is 1.93. The van der Waals surface area contributed by atoms with Crippen LogP contribution in [0.4, 0.5) is 5.69 Å². The number of carbonyl (C=O) groups excluding carboxylic acids is 1. The Labute approximate surface area is 129 Å². The molecule has 0 aliphatic carbocycles. The van der Waals surface area contributed by atoms with Gasteiger partial charge >= 0.3 is 0 Å². The van der Waals surface area contributed by atoms with E-state index in [0.29, 0.717) is 21.3 Å². The number of aryl methyl sites for hydroxylation is 1. The molecule has 0 unspecified atom stereocenters. The largest absolute Gasteiger partial charge is 0.321 e. The smallest absolute Gasteiger partial charge is 0.255 e. The van der Waals surface area contributed by atoms with Crippen molar-refractivity contribution in [3.8, 4) is 0 Å². The molecule has 0 atom stereocenters. The molecule has 0 aromatic heterocycles. The van der Waals surface area contributed by atoms with E-state index in [-0.39, 0.29) is 5.91 Å². The highest BCUT2D eigenvalue weighted by atomic mass is 79.9. The fourth-order valence-corrected chi connectivity index (χ4v) is 2.16. The molecule has 2 aromatic rings. The summed E-state index contributed by atoms with van der Waals surface area (Å²) >= 11 is 15.3. The molecule has 2 nitrogen and oxygen atoms in total. The van der Waals surface area contributed by atoms with Crippen molar-refractivity contribution in [2.75, 3.05) is 5.32 Å². The number of carbonyl (C=O) groups is 1. The van der Waals surface area contributed by atoms with Gasteiger partial charge in [0.25, 0.3) is 5.91 Å². The van der Waals surface area contributed by atoms with Gasteiger partial charge < -0.3 is 5.32 Å². The van der Waals surface area contributed by atoms with Crippen molar-refractivity contribution in [1.82, 2.24) is 0 Å². The van der Waals surface area contributed by atoms with Crippen LogP contribution in [0.5, 0.6) is 0 Å². The standard InChI is InChI=1S/C14H10BrCl2NO/c1-8-2-5-11(16)13(6-8)18-14(19)9-3-4-10(15)12(17)7-9/h2-7H,1H3,(H,18,19). The second-order valence-corrected chi connectivity index (χ2v) is 5.74. The molecule has 98 valence electrons. The molecule has 1 amide bonds. The van der Waals surface area contributed by atoms with Crippen molar-refractivity contribution in [2.24, 2.45) is 0 Å².